The normalized spacial score (nSPS) is 11.1. The smallest absolute Gasteiger partial charge is 0.225 e. The van der Waals surface area contributed by atoms with Crippen LogP contribution in [0.4, 0.5) is 11.8 Å². The number of aryl methyl sites for hydroxylation is 1. The second-order valence-electron chi connectivity index (χ2n) is 6.57. The Bertz CT molecular complexity index is 922. The lowest BCUT2D eigenvalue weighted by Crippen LogP contribution is -2.11. The topological polar surface area (TPSA) is 100 Å². The lowest BCUT2D eigenvalue weighted by molar-refractivity contribution is 0.356. The molecule has 144 valence electrons. The molecule has 0 fully saturated rings. The molecule has 0 saturated heterocycles. The second kappa shape index (κ2) is 8.11. The summed E-state index contributed by atoms with van der Waals surface area (Å²) in [4.78, 5) is 13.3. The number of ether oxygens (including phenoxy) is 2. The van der Waals surface area contributed by atoms with Gasteiger partial charge in [0.2, 0.25) is 5.95 Å². The fraction of sp³-hybridized carbons (Fsp3) is 0.421. The molecule has 0 bridgehead atoms. The van der Waals surface area contributed by atoms with E-state index in [2.05, 4.69) is 38.7 Å². The first-order valence-corrected chi connectivity index (χ1v) is 8.97. The molecule has 0 aliphatic rings. The number of anilines is 2. The Balaban J connectivity index is 1.69. The first-order valence-electron chi connectivity index (χ1n) is 8.97. The molecule has 0 amide bonds. The number of fused-ring (bicyclic) bond motifs is 1. The van der Waals surface area contributed by atoms with Crippen LogP contribution in [0.2, 0.25) is 0 Å². The number of rotatable bonds is 8. The Morgan fingerprint density at radius 2 is 1.89 bits per heavy atom. The first-order chi connectivity index (χ1) is 13.0. The molecule has 8 nitrogen and oxygen atoms in total. The Morgan fingerprint density at radius 1 is 1.15 bits per heavy atom. The molecule has 3 aromatic rings. The van der Waals surface area contributed by atoms with Crippen molar-refractivity contribution in [2.24, 2.45) is 0 Å². The molecule has 0 saturated carbocycles. The molecular weight excluding hydrogens is 344 g/mol. The quantitative estimate of drug-likeness (QED) is 0.588. The summed E-state index contributed by atoms with van der Waals surface area (Å²) in [5, 5.41) is 3.98. The van der Waals surface area contributed by atoms with Crippen LogP contribution in [0.3, 0.4) is 0 Å². The molecule has 0 unspecified atom stereocenters. The maximum atomic E-state index is 6.11. The van der Waals surface area contributed by atoms with E-state index in [0.29, 0.717) is 34.7 Å². The van der Waals surface area contributed by atoms with E-state index in [1.54, 1.807) is 26.4 Å². The summed E-state index contributed by atoms with van der Waals surface area (Å²) in [7, 11) is 3.18. The third-order valence-corrected chi connectivity index (χ3v) is 4.35. The van der Waals surface area contributed by atoms with E-state index in [9.17, 15) is 0 Å². The number of benzene rings is 1. The van der Waals surface area contributed by atoms with Gasteiger partial charge in [0.25, 0.3) is 0 Å². The van der Waals surface area contributed by atoms with Crippen LogP contribution in [-0.4, -0.2) is 40.3 Å². The van der Waals surface area contributed by atoms with Crippen molar-refractivity contribution >= 4 is 22.7 Å². The number of hydrogen-bond acceptors (Lipinski definition) is 7. The summed E-state index contributed by atoms with van der Waals surface area (Å²) >= 11 is 0. The minimum Gasteiger partial charge on any atom is -0.493 e. The third-order valence-electron chi connectivity index (χ3n) is 4.35. The molecule has 0 aliphatic carbocycles. The van der Waals surface area contributed by atoms with Crippen LogP contribution in [0.5, 0.6) is 11.5 Å². The number of nitrogens with two attached hydrogens (primary N) is 1. The van der Waals surface area contributed by atoms with E-state index >= 15 is 0 Å². The van der Waals surface area contributed by atoms with Crippen LogP contribution < -0.4 is 20.5 Å². The number of nitrogen functional groups attached to an aromatic ring is 1. The van der Waals surface area contributed by atoms with Gasteiger partial charge in [-0.1, -0.05) is 13.8 Å². The molecule has 0 aliphatic heterocycles. The average molecular weight is 370 g/mol. The van der Waals surface area contributed by atoms with E-state index in [4.69, 9.17) is 15.2 Å². The van der Waals surface area contributed by atoms with Crippen molar-refractivity contribution in [3.8, 4) is 11.5 Å². The van der Waals surface area contributed by atoms with Gasteiger partial charge < -0.3 is 25.1 Å². The minimum atomic E-state index is 0.403. The molecule has 0 radical (unpaired) electrons. The highest BCUT2D eigenvalue weighted by Gasteiger charge is 2.12. The Hall–Kier alpha value is -3.03. The number of hydrogen-bond donors (Lipinski definition) is 2. The fourth-order valence-electron chi connectivity index (χ4n) is 3.02. The van der Waals surface area contributed by atoms with Crippen LogP contribution >= 0.6 is 0 Å². The fourth-order valence-corrected chi connectivity index (χ4v) is 3.02. The highest BCUT2D eigenvalue weighted by molar-refractivity contribution is 5.91. The van der Waals surface area contributed by atoms with Gasteiger partial charge in [0.05, 0.1) is 19.7 Å². The molecule has 2 aromatic heterocycles. The SMILES string of the molecule is COc1cc2nc(NCCCn3ccnc3C(C)C)nc(N)c2cc1OC. The van der Waals surface area contributed by atoms with E-state index in [-0.39, 0.29) is 0 Å². The van der Waals surface area contributed by atoms with Gasteiger partial charge in [0.1, 0.15) is 11.6 Å². The van der Waals surface area contributed by atoms with Crippen molar-refractivity contribution < 1.29 is 9.47 Å². The highest BCUT2D eigenvalue weighted by Crippen LogP contribution is 2.33. The Morgan fingerprint density at radius 3 is 2.59 bits per heavy atom. The lowest BCUT2D eigenvalue weighted by atomic mass is 10.2. The van der Waals surface area contributed by atoms with Gasteiger partial charge in [-0.05, 0) is 12.5 Å². The summed E-state index contributed by atoms with van der Waals surface area (Å²) in [5.74, 6) is 3.62. The van der Waals surface area contributed by atoms with Crippen molar-refractivity contribution in [3.63, 3.8) is 0 Å². The molecule has 1 aromatic carbocycles. The van der Waals surface area contributed by atoms with Crippen LogP contribution in [0.15, 0.2) is 24.5 Å². The predicted molar refractivity (Wildman–Crippen MR) is 106 cm³/mol. The average Bonchev–Trinajstić information content (AvgIpc) is 3.13. The van der Waals surface area contributed by atoms with Gasteiger partial charge >= 0.3 is 0 Å². The zero-order valence-corrected chi connectivity index (χ0v) is 16.2. The molecular formula is C19H26N6O2. The summed E-state index contributed by atoms with van der Waals surface area (Å²) in [6.45, 7) is 5.90. The van der Waals surface area contributed by atoms with Gasteiger partial charge in [-0.2, -0.15) is 4.98 Å². The minimum absolute atomic E-state index is 0.403. The van der Waals surface area contributed by atoms with Crippen molar-refractivity contribution in [3.05, 3.63) is 30.4 Å². The number of nitrogens with zero attached hydrogens (tertiary/aromatic N) is 4. The van der Waals surface area contributed by atoms with Gasteiger partial charge in [-0.25, -0.2) is 9.97 Å². The largest absolute Gasteiger partial charge is 0.493 e. The van der Waals surface area contributed by atoms with Crippen LogP contribution in [0.25, 0.3) is 10.9 Å². The van der Waals surface area contributed by atoms with Crippen LogP contribution in [-0.2, 0) is 6.54 Å². The standard InChI is InChI=1S/C19H26N6O2/c1-12(2)18-21-7-9-25(18)8-5-6-22-19-23-14-11-16(27-4)15(26-3)10-13(14)17(20)24-19/h7,9-12H,5-6,8H2,1-4H3,(H3,20,22,23,24). The van der Waals surface area contributed by atoms with Crippen molar-refractivity contribution in [2.45, 2.75) is 32.7 Å². The van der Waals surface area contributed by atoms with E-state index < -0.39 is 0 Å². The maximum absolute atomic E-state index is 6.11. The molecule has 0 spiro atoms. The van der Waals surface area contributed by atoms with Gasteiger partial charge in [0, 0.05) is 42.9 Å². The summed E-state index contributed by atoms with van der Waals surface area (Å²) in [6.07, 6.45) is 4.78. The summed E-state index contributed by atoms with van der Waals surface area (Å²) in [5.41, 5.74) is 6.81. The number of nitrogens with one attached hydrogen (secondary N) is 1. The van der Waals surface area contributed by atoms with Gasteiger partial charge in [-0.3, -0.25) is 0 Å². The second-order valence-corrected chi connectivity index (χ2v) is 6.57. The Kier molecular flexibility index (Phi) is 5.63. The highest BCUT2D eigenvalue weighted by atomic mass is 16.5. The van der Waals surface area contributed by atoms with Crippen molar-refractivity contribution in [2.75, 3.05) is 31.8 Å². The molecule has 27 heavy (non-hydrogen) atoms. The number of methoxy groups -OCH3 is 2. The maximum Gasteiger partial charge on any atom is 0.225 e. The molecule has 0 atom stereocenters. The molecule has 3 rings (SSSR count). The summed E-state index contributed by atoms with van der Waals surface area (Å²) < 4.78 is 12.8. The number of imidazole rings is 1. The van der Waals surface area contributed by atoms with E-state index in [1.165, 1.54) is 0 Å². The van der Waals surface area contributed by atoms with Crippen molar-refractivity contribution in [1.29, 1.82) is 0 Å². The Labute approximate surface area is 158 Å². The van der Waals surface area contributed by atoms with E-state index in [0.717, 1.165) is 30.7 Å². The molecule has 3 N–H and O–H groups in total. The monoisotopic (exact) mass is 370 g/mol. The molecule has 2 heterocycles. The zero-order chi connectivity index (χ0) is 19.4. The van der Waals surface area contributed by atoms with Crippen LogP contribution in [0.1, 0.15) is 32.0 Å². The lowest BCUT2D eigenvalue weighted by Gasteiger charge is -2.12. The van der Waals surface area contributed by atoms with E-state index in [1.807, 2.05) is 12.4 Å². The number of aromatic nitrogens is 4. The first kappa shape index (κ1) is 18.8. The van der Waals surface area contributed by atoms with Crippen LogP contribution in [0, 0.1) is 0 Å². The summed E-state index contributed by atoms with van der Waals surface area (Å²) in [6, 6.07) is 3.59. The van der Waals surface area contributed by atoms with Gasteiger partial charge in [-0.15, -0.1) is 0 Å². The van der Waals surface area contributed by atoms with Gasteiger partial charge in [0.15, 0.2) is 11.5 Å². The van der Waals surface area contributed by atoms with Crippen molar-refractivity contribution in [1.82, 2.24) is 19.5 Å². The zero-order valence-electron chi connectivity index (χ0n) is 16.2. The third kappa shape index (κ3) is 4.05. The predicted octanol–water partition coefficient (Wildman–Crippen LogP) is 3.05. The molecule has 8 heteroatoms.